The number of nitrogens with two attached hydrogens (primary N) is 1. The molecule has 0 amide bonds. The molecule has 1 saturated heterocycles. The molecule has 0 saturated carbocycles. The van der Waals surface area contributed by atoms with E-state index in [0.717, 1.165) is 18.7 Å². The third-order valence-corrected chi connectivity index (χ3v) is 2.77. The first-order valence-corrected chi connectivity index (χ1v) is 5.63. The molecule has 0 aromatic rings. The van der Waals surface area contributed by atoms with Gasteiger partial charge in [-0.15, -0.1) is 0 Å². The second-order valence-electron chi connectivity index (χ2n) is 3.04. The monoisotopic (exact) mass is 175 g/mol. The molecule has 1 rings (SSSR count). The van der Waals surface area contributed by atoms with Crippen molar-refractivity contribution in [2.75, 3.05) is 25.4 Å². The van der Waals surface area contributed by atoms with Crippen molar-refractivity contribution in [1.82, 2.24) is 4.90 Å². The van der Waals surface area contributed by atoms with Gasteiger partial charge in [0.05, 0.1) is 0 Å². The molecule has 1 unspecified atom stereocenters. The summed E-state index contributed by atoms with van der Waals surface area (Å²) in [5.41, 5.74) is 0. The number of rotatable bonds is 4. The van der Waals surface area contributed by atoms with Gasteiger partial charge in [0.2, 0.25) is 0 Å². The first-order chi connectivity index (χ1) is 5.29. The Morgan fingerprint density at radius 3 is 2.55 bits per heavy atom. The topological polar surface area (TPSA) is 53.1 Å². The van der Waals surface area contributed by atoms with Crippen molar-refractivity contribution in [3.63, 3.8) is 0 Å². The Balaban J connectivity index is 1.98. The van der Waals surface area contributed by atoms with Crippen LogP contribution in [0.25, 0.3) is 0 Å². The van der Waals surface area contributed by atoms with Crippen LogP contribution in [-0.2, 0) is 10.9 Å². The zero-order valence-corrected chi connectivity index (χ0v) is 7.70. The molecule has 0 aromatic heterocycles. The number of hydrogen-bond acceptors (Lipinski definition) is 2. The molecule has 1 heterocycles. The van der Waals surface area contributed by atoms with E-state index in [1.807, 2.05) is 0 Å². The molecular formula is C7H17N3S. The molecule has 4 heteroatoms. The fourth-order valence-corrected chi connectivity index (χ4v) is 1.89. The maximum Gasteiger partial charge on any atom is 0.0187 e. The summed E-state index contributed by atoms with van der Waals surface area (Å²) in [7, 11) is -0.592. The largest absolute Gasteiger partial charge is 0.303 e. The molecule has 0 aliphatic carbocycles. The van der Waals surface area contributed by atoms with E-state index >= 15 is 0 Å². The lowest BCUT2D eigenvalue weighted by atomic mass is 10.4. The fraction of sp³-hybridized carbons (Fsp3) is 1.00. The quantitative estimate of drug-likeness (QED) is 0.661. The van der Waals surface area contributed by atoms with Gasteiger partial charge >= 0.3 is 0 Å². The first kappa shape index (κ1) is 9.16. The second kappa shape index (κ2) is 4.85. The van der Waals surface area contributed by atoms with Gasteiger partial charge in [0.1, 0.15) is 0 Å². The fourth-order valence-electron chi connectivity index (χ4n) is 1.45. The van der Waals surface area contributed by atoms with Crippen LogP contribution in [0, 0.1) is 4.78 Å². The van der Waals surface area contributed by atoms with E-state index in [0.29, 0.717) is 0 Å². The lowest BCUT2D eigenvalue weighted by Gasteiger charge is -2.13. The van der Waals surface area contributed by atoms with Crippen LogP contribution in [0.1, 0.15) is 19.3 Å². The Kier molecular flexibility index (Phi) is 4.04. The van der Waals surface area contributed by atoms with Crippen LogP contribution in [0.15, 0.2) is 0 Å². The highest BCUT2D eigenvalue weighted by Crippen LogP contribution is 2.07. The standard InChI is InChI=1S/C7H17N3S/c8-11(9)7-3-6-10-4-1-2-5-10/h1-7H2,(H3,8,9). The van der Waals surface area contributed by atoms with Gasteiger partial charge in [0, 0.05) is 5.75 Å². The summed E-state index contributed by atoms with van der Waals surface area (Å²) >= 11 is 0. The van der Waals surface area contributed by atoms with Gasteiger partial charge < -0.3 is 4.90 Å². The van der Waals surface area contributed by atoms with E-state index in [-0.39, 0.29) is 0 Å². The number of hydrogen-bond donors (Lipinski definition) is 2. The summed E-state index contributed by atoms with van der Waals surface area (Å²) in [6.45, 7) is 3.67. The normalized spacial score (nSPS) is 22.3. The maximum absolute atomic E-state index is 7.14. The highest BCUT2D eigenvalue weighted by molar-refractivity contribution is 7.83. The molecular weight excluding hydrogens is 158 g/mol. The van der Waals surface area contributed by atoms with Crippen molar-refractivity contribution in [1.29, 1.82) is 4.78 Å². The minimum Gasteiger partial charge on any atom is -0.303 e. The van der Waals surface area contributed by atoms with Crippen molar-refractivity contribution in [3.05, 3.63) is 0 Å². The molecule has 3 nitrogen and oxygen atoms in total. The van der Waals surface area contributed by atoms with Crippen LogP contribution in [-0.4, -0.2) is 30.3 Å². The molecule has 0 bridgehead atoms. The van der Waals surface area contributed by atoms with Crippen molar-refractivity contribution in [2.24, 2.45) is 5.14 Å². The van der Waals surface area contributed by atoms with Gasteiger partial charge in [-0.25, -0.2) is 0 Å². The average Bonchev–Trinajstić information content (AvgIpc) is 2.39. The third-order valence-electron chi connectivity index (χ3n) is 2.04. The van der Waals surface area contributed by atoms with Crippen molar-refractivity contribution >= 4 is 10.9 Å². The predicted octanol–water partition coefficient (Wildman–Crippen LogP) is 0.727. The van der Waals surface area contributed by atoms with Crippen LogP contribution in [0.3, 0.4) is 0 Å². The van der Waals surface area contributed by atoms with Crippen LogP contribution in [0.4, 0.5) is 0 Å². The third kappa shape index (κ3) is 3.84. The molecule has 0 spiro atoms. The van der Waals surface area contributed by atoms with Crippen LogP contribution >= 0.6 is 0 Å². The predicted molar refractivity (Wildman–Crippen MR) is 49.4 cm³/mol. The van der Waals surface area contributed by atoms with Crippen LogP contribution in [0.5, 0.6) is 0 Å². The average molecular weight is 175 g/mol. The highest BCUT2D eigenvalue weighted by Gasteiger charge is 2.09. The minimum absolute atomic E-state index is 0.592. The lowest BCUT2D eigenvalue weighted by molar-refractivity contribution is 0.340. The molecule has 1 aliphatic heterocycles. The lowest BCUT2D eigenvalue weighted by Crippen LogP contribution is -2.22. The first-order valence-electron chi connectivity index (χ1n) is 4.18. The van der Waals surface area contributed by atoms with Crippen molar-refractivity contribution in [3.8, 4) is 0 Å². The van der Waals surface area contributed by atoms with E-state index in [1.165, 1.54) is 25.9 Å². The molecule has 0 aromatic carbocycles. The summed E-state index contributed by atoms with van der Waals surface area (Å²) < 4.78 is 7.14. The van der Waals surface area contributed by atoms with Gasteiger partial charge in [-0.3, -0.25) is 9.92 Å². The summed E-state index contributed by atoms with van der Waals surface area (Å²) in [5, 5.41) is 5.35. The van der Waals surface area contributed by atoms with Gasteiger partial charge in [0.25, 0.3) is 0 Å². The van der Waals surface area contributed by atoms with Crippen molar-refractivity contribution < 1.29 is 0 Å². The molecule has 0 radical (unpaired) electrons. The Morgan fingerprint density at radius 2 is 2.00 bits per heavy atom. The van der Waals surface area contributed by atoms with Crippen LogP contribution in [0.2, 0.25) is 0 Å². The number of likely N-dealkylation sites (tertiary alicyclic amines) is 1. The summed E-state index contributed by atoms with van der Waals surface area (Å²) in [6, 6.07) is 0. The Morgan fingerprint density at radius 1 is 1.36 bits per heavy atom. The van der Waals surface area contributed by atoms with E-state index in [4.69, 9.17) is 9.92 Å². The molecule has 1 atom stereocenters. The van der Waals surface area contributed by atoms with E-state index in [2.05, 4.69) is 4.90 Å². The summed E-state index contributed by atoms with van der Waals surface area (Å²) in [5.74, 6) is 0.872. The molecule has 3 N–H and O–H groups in total. The van der Waals surface area contributed by atoms with Crippen molar-refractivity contribution in [2.45, 2.75) is 19.3 Å². The van der Waals surface area contributed by atoms with Gasteiger partial charge in [-0.05, 0) is 49.8 Å². The molecule has 11 heavy (non-hydrogen) atoms. The maximum atomic E-state index is 7.14. The minimum atomic E-state index is -0.592. The zero-order valence-electron chi connectivity index (χ0n) is 6.88. The van der Waals surface area contributed by atoms with E-state index < -0.39 is 10.9 Å². The SMILES string of the molecule is N=S(N)CCCN1CCCC1. The van der Waals surface area contributed by atoms with Crippen LogP contribution < -0.4 is 5.14 Å². The Hall–Kier alpha value is 0.0700. The smallest absolute Gasteiger partial charge is 0.0187 e. The second-order valence-corrected chi connectivity index (χ2v) is 4.30. The van der Waals surface area contributed by atoms with Gasteiger partial charge in [0.15, 0.2) is 0 Å². The van der Waals surface area contributed by atoms with E-state index in [9.17, 15) is 0 Å². The number of nitrogens with one attached hydrogen (secondary N) is 1. The molecule has 1 aliphatic rings. The highest BCUT2D eigenvalue weighted by atomic mass is 32.2. The van der Waals surface area contributed by atoms with Gasteiger partial charge in [-0.1, -0.05) is 0 Å². The Bertz CT molecular complexity index is 132. The molecule has 66 valence electrons. The summed E-state index contributed by atoms with van der Waals surface area (Å²) in [4.78, 5) is 2.47. The summed E-state index contributed by atoms with van der Waals surface area (Å²) in [6.07, 6.45) is 3.81. The zero-order chi connectivity index (χ0) is 8.10. The Labute approximate surface area is 71.0 Å². The number of nitrogens with zero attached hydrogens (tertiary/aromatic N) is 1. The van der Waals surface area contributed by atoms with Gasteiger partial charge in [-0.2, -0.15) is 0 Å². The molecule has 1 fully saturated rings. The van der Waals surface area contributed by atoms with E-state index in [1.54, 1.807) is 0 Å².